The molecular weight excluding hydrogens is 180 g/mol. The van der Waals surface area contributed by atoms with Crippen molar-refractivity contribution in [2.45, 2.75) is 32.6 Å². The van der Waals surface area contributed by atoms with Crippen molar-refractivity contribution in [1.29, 1.82) is 0 Å². The van der Waals surface area contributed by atoms with Crippen molar-refractivity contribution in [3.8, 4) is 0 Å². The first-order valence-electron chi connectivity index (χ1n) is 5.65. The second-order valence-corrected chi connectivity index (χ2v) is 3.84. The molecule has 0 aliphatic heterocycles. The van der Waals surface area contributed by atoms with Crippen LogP contribution in [0.5, 0.6) is 0 Å². The third-order valence-corrected chi connectivity index (χ3v) is 2.73. The van der Waals surface area contributed by atoms with Crippen molar-refractivity contribution < 1.29 is 0 Å². The normalized spacial score (nSPS) is 9.93. The molecule has 0 aliphatic carbocycles. The topological polar surface area (TPSA) is 0 Å². The van der Waals surface area contributed by atoms with Gasteiger partial charge < -0.3 is 0 Å². The zero-order chi connectivity index (χ0) is 11.1. The molecule has 1 rings (SSSR count). The van der Waals surface area contributed by atoms with Gasteiger partial charge in [0.2, 0.25) is 0 Å². The van der Waals surface area contributed by atoms with E-state index in [-0.39, 0.29) is 0 Å². The third kappa shape index (κ3) is 3.75. The molecule has 0 aliphatic rings. The van der Waals surface area contributed by atoms with E-state index in [2.05, 4.69) is 44.3 Å². The van der Waals surface area contributed by atoms with E-state index >= 15 is 0 Å². The van der Waals surface area contributed by atoms with Crippen LogP contribution in [0.15, 0.2) is 49.1 Å². The SMILES string of the molecule is C=CC(=C)CCCc1ccccc1CC. The molecule has 0 N–H and O–H groups in total. The molecule has 0 bridgehead atoms. The lowest BCUT2D eigenvalue weighted by molar-refractivity contribution is 0.816. The summed E-state index contributed by atoms with van der Waals surface area (Å²) in [6, 6.07) is 8.69. The van der Waals surface area contributed by atoms with Gasteiger partial charge in [-0.15, -0.1) is 0 Å². The van der Waals surface area contributed by atoms with Crippen LogP contribution in [0.2, 0.25) is 0 Å². The molecule has 0 spiro atoms. The van der Waals surface area contributed by atoms with Crippen molar-refractivity contribution in [3.63, 3.8) is 0 Å². The summed E-state index contributed by atoms with van der Waals surface area (Å²) < 4.78 is 0. The largest absolute Gasteiger partial charge is 0.0988 e. The Morgan fingerprint density at radius 1 is 1.27 bits per heavy atom. The van der Waals surface area contributed by atoms with Crippen LogP contribution in [-0.2, 0) is 12.8 Å². The molecule has 0 atom stereocenters. The van der Waals surface area contributed by atoms with E-state index in [4.69, 9.17) is 0 Å². The lowest BCUT2D eigenvalue weighted by atomic mass is 9.99. The lowest BCUT2D eigenvalue weighted by Crippen LogP contribution is -1.92. The Morgan fingerprint density at radius 3 is 2.53 bits per heavy atom. The van der Waals surface area contributed by atoms with Gasteiger partial charge in [-0.2, -0.15) is 0 Å². The van der Waals surface area contributed by atoms with E-state index in [1.165, 1.54) is 17.5 Å². The number of hydrogen-bond donors (Lipinski definition) is 0. The molecular formula is C15H20. The first kappa shape index (κ1) is 11.8. The molecule has 0 heterocycles. The van der Waals surface area contributed by atoms with Crippen molar-refractivity contribution >= 4 is 0 Å². The Morgan fingerprint density at radius 2 is 1.93 bits per heavy atom. The van der Waals surface area contributed by atoms with Crippen molar-refractivity contribution in [2.75, 3.05) is 0 Å². The number of rotatable bonds is 6. The quantitative estimate of drug-likeness (QED) is 0.600. The summed E-state index contributed by atoms with van der Waals surface area (Å²) in [6.07, 6.45) is 6.35. The molecule has 0 unspecified atom stereocenters. The summed E-state index contributed by atoms with van der Waals surface area (Å²) in [5.41, 5.74) is 4.10. The highest BCUT2D eigenvalue weighted by Crippen LogP contribution is 2.14. The molecule has 0 amide bonds. The highest BCUT2D eigenvalue weighted by molar-refractivity contribution is 5.27. The van der Waals surface area contributed by atoms with Gasteiger partial charge in [0.05, 0.1) is 0 Å². The first-order valence-corrected chi connectivity index (χ1v) is 5.65. The smallest absolute Gasteiger partial charge is 0.0273 e. The second-order valence-electron chi connectivity index (χ2n) is 3.84. The Labute approximate surface area is 93.3 Å². The summed E-state index contributed by atoms with van der Waals surface area (Å²) in [4.78, 5) is 0. The maximum Gasteiger partial charge on any atom is -0.0273 e. The van der Waals surface area contributed by atoms with E-state index in [0.717, 1.165) is 24.8 Å². The molecule has 0 fully saturated rings. The van der Waals surface area contributed by atoms with Gasteiger partial charge in [-0.05, 0) is 36.8 Å². The Bertz CT molecular complexity index is 334. The fourth-order valence-electron chi connectivity index (χ4n) is 1.75. The minimum Gasteiger partial charge on any atom is -0.0988 e. The number of allylic oxidation sites excluding steroid dienone is 2. The number of aryl methyl sites for hydroxylation is 2. The Balaban J connectivity index is 2.49. The molecule has 1 aromatic carbocycles. The molecule has 0 heteroatoms. The van der Waals surface area contributed by atoms with Crippen LogP contribution in [0.4, 0.5) is 0 Å². The van der Waals surface area contributed by atoms with Crippen LogP contribution >= 0.6 is 0 Å². The zero-order valence-electron chi connectivity index (χ0n) is 9.63. The van der Waals surface area contributed by atoms with Gasteiger partial charge in [-0.25, -0.2) is 0 Å². The minimum atomic E-state index is 1.06. The molecule has 0 saturated heterocycles. The van der Waals surface area contributed by atoms with Crippen molar-refractivity contribution in [2.24, 2.45) is 0 Å². The van der Waals surface area contributed by atoms with E-state index in [0.29, 0.717) is 0 Å². The maximum absolute atomic E-state index is 3.93. The monoisotopic (exact) mass is 200 g/mol. The zero-order valence-corrected chi connectivity index (χ0v) is 9.63. The molecule has 0 nitrogen and oxygen atoms in total. The number of hydrogen-bond acceptors (Lipinski definition) is 0. The maximum atomic E-state index is 3.93. The standard InChI is InChI=1S/C15H20/c1-4-13(3)9-8-12-15-11-7-6-10-14(15)5-2/h4,6-7,10-11H,1,3,5,8-9,12H2,2H3. The van der Waals surface area contributed by atoms with E-state index in [1.54, 1.807) is 0 Å². The fourth-order valence-corrected chi connectivity index (χ4v) is 1.75. The summed E-state index contributed by atoms with van der Waals surface area (Å²) >= 11 is 0. The molecule has 0 saturated carbocycles. The van der Waals surface area contributed by atoms with Gasteiger partial charge >= 0.3 is 0 Å². The van der Waals surface area contributed by atoms with E-state index < -0.39 is 0 Å². The van der Waals surface area contributed by atoms with Gasteiger partial charge in [0.25, 0.3) is 0 Å². The van der Waals surface area contributed by atoms with Gasteiger partial charge in [-0.3, -0.25) is 0 Å². The van der Waals surface area contributed by atoms with E-state index in [1.807, 2.05) is 6.08 Å². The van der Waals surface area contributed by atoms with Gasteiger partial charge in [-0.1, -0.05) is 56.0 Å². The van der Waals surface area contributed by atoms with Crippen LogP contribution in [0, 0.1) is 0 Å². The molecule has 15 heavy (non-hydrogen) atoms. The molecule has 80 valence electrons. The molecule has 0 aromatic heterocycles. The van der Waals surface area contributed by atoms with Gasteiger partial charge in [0.1, 0.15) is 0 Å². The van der Waals surface area contributed by atoms with Crippen molar-refractivity contribution in [3.05, 3.63) is 60.2 Å². The first-order chi connectivity index (χ1) is 7.27. The summed E-state index contributed by atoms with van der Waals surface area (Å²) in [6.45, 7) is 9.86. The van der Waals surface area contributed by atoms with Crippen LogP contribution in [0.1, 0.15) is 30.9 Å². The highest BCUT2D eigenvalue weighted by atomic mass is 14.0. The van der Waals surface area contributed by atoms with Crippen LogP contribution in [-0.4, -0.2) is 0 Å². The lowest BCUT2D eigenvalue weighted by Gasteiger charge is -2.07. The predicted molar refractivity (Wildman–Crippen MR) is 68.1 cm³/mol. The Kier molecular flexibility index (Phi) is 4.89. The van der Waals surface area contributed by atoms with Crippen LogP contribution in [0.3, 0.4) is 0 Å². The van der Waals surface area contributed by atoms with Crippen molar-refractivity contribution in [1.82, 2.24) is 0 Å². The average molecular weight is 200 g/mol. The van der Waals surface area contributed by atoms with Crippen LogP contribution < -0.4 is 0 Å². The fraction of sp³-hybridized carbons (Fsp3) is 0.333. The summed E-state index contributed by atoms with van der Waals surface area (Å²) in [7, 11) is 0. The second kappa shape index (κ2) is 6.23. The highest BCUT2D eigenvalue weighted by Gasteiger charge is 1.99. The molecule has 0 radical (unpaired) electrons. The minimum absolute atomic E-state index is 1.06. The predicted octanol–water partition coefficient (Wildman–Crippen LogP) is 4.31. The molecule has 1 aromatic rings. The summed E-state index contributed by atoms with van der Waals surface area (Å²) in [5, 5.41) is 0. The third-order valence-electron chi connectivity index (χ3n) is 2.73. The van der Waals surface area contributed by atoms with Gasteiger partial charge in [0, 0.05) is 0 Å². The Hall–Kier alpha value is -1.30. The van der Waals surface area contributed by atoms with Gasteiger partial charge in [0.15, 0.2) is 0 Å². The van der Waals surface area contributed by atoms with Crippen LogP contribution in [0.25, 0.3) is 0 Å². The average Bonchev–Trinajstić information content (AvgIpc) is 2.29. The van der Waals surface area contributed by atoms with E-state index in [9.17, 15) is 0 Å². The number of benzene rings is 1. The summed E-state index contributed by atoms with van der Waals surface area (Å²) in [5.74, 6) is 0.